The van der Waals surface area contributed by atoms with Gasteiger partial charge < -0.3 is 5.32 Å². The van der Waals surface area contributed by atoms with Gasteiger partial charge in [-0.25, -0.2) is 0 Å². The summed E-state index contributed by atoms with van der Waals surface area (Å²) in [6, 6.07) is 0. The van der Waals surface area contributed by atoms with Crippen LogP contribution in [0, 0.1) is 16.3 Å². The van der Waals surface area contributed by atoms with E-state index in [1.165, 1.54) is 6.08 Å². The highest BCUT2D eigenvalue weighted by atomic mass is 16.6. The van der Waals surface area contributed by atoms with Crippen molar-refractivity contribution in [3.05, 3.63) is 34.2 Å². The normalized spacial score (nSPS) is 16.2. The third-order valence-electron chi connectivity index (χ3n) is 0.909. The van der Waals surface area contributed by atoms with Crippen molar-refractivity contribution in [3.63, 3.8) is 0 Å². The number of rotatable bonds is 1. The first-order chi connectivity index (χ1) is 4.30. The summed E-state index contributed by atoms with van der Waals surface area (Å²) >= 11 is 0. The Morgan fingerprint density at radius 3 is 3.00 bits per heavy atom. The molecule has 1 aliphatic heterocycles. The molecule has 0 bridgehead atoms. The van der Waals surface area contributed by atoms with Crippen LogP contribution in [0.25, 0.3) is 0 Å². The van der Waals surface area contributed by atoms with Gasteiger partial charge in [-0.3, -0.25) is 10.1 Å². The largest absolute Gasteiger partial charge is 0.374 e. The highest BCUT2D eigenvalue weighted by molar-refractivity contribution is 5.11. The van der Waals surface area contributed by atoms with E-state index in [1.807, 2.05) is 0 Å². The van der Waals surface area contributed by atoms with Crippen LogP contribution < -0.4 is 5.32 Å². The fourth-order valence-corrected chi connectivity index (χ4v) is 0.519. The smallest absolute Gasteiger partial charge is 0.294 e. The van der Waals surface area contributed by atoms with E-state index in [-0.39, 0.29) is 5.70 Å². The molecule has 0 aromatic rings. The third kappa shape index (κ3) is 1.28. The van der Waals surface area contributed by atoms with Gasteiger partial charge in [0.15, 0.2) is 0 Å². The lowest BCUT2D eigenvalue weighted by molar-refractivity contribution is -0.420. The zero-order chi connectivity index (χ0) is 6.69. The molecule has 0 saturated heterocycles. The maximum Gasteiger partial charge on any atom is 0.294 e. The fourth-order valence-electron chi connectivity index (χ4n) is 0.519. The number of hydrogen-bond acceptors (Lipinski definition) is 3. The van der Waals surface area contributed by atoms with Crippen molar-refractivity contribution < 1.29 is 4.92 Å². The molecular formula is C5H5N2O2. The van der Waals surface area contributed by atoms with E-state index in [2.05, 4.69) is 11.5 Å². The summed E-state index contributed by atoms with van der Waals surface area (Å²) in [7, 11) is 0. The molecule has 0 atom stereocenters. The second-order valence-electron chi connectivity index (χ2n) is 1.55. The van der Waals surface area contributed by atoms with Crippen LogP contribution in [0.5, 0.6) is 0 Å². The summed E-state index contributed by atoms with van der Waals surface area (Å²) in [4.78, 5) is 9.49. The number of allylic oxidation sites excluding steroid dienone is 1. The Kier molecular flexibility index (Phi) is 1.48. The second-order valence-corrected chi connectivity index (χ2v) is 1.55. The molecule has 0 unspecified atom stereocenters. The second kappa shape index (κ2) is 2.30. The van der Waals surface area contributed by atoms with Gasteiger partial charge in [-0.05, 0) is 0 Å². The van der Waals surface area contributed by atoms with Crippen molar-refractivity contribution in [2.24, 2.45) is 0 Å². The van der Waals surface area contributed by atoms with Gasteiger partial charge >= 0.3 is 0 Å². The molecule has 4 nitrogen and oxygen atoms in total. The van der Waals surface area contributed by atoms with Gasteiger partial charge in [0.25, 0.3) is 5.70 Å². The maximum atomic E-state index is 9.97. The van der Waals surface area contributed by atoms with Crippen molar-refractivity contribution in [3.8, 4) is 0 Å². The van der Waals surface area contributed by atoms with Crippen LogP contribution in [-0.4, -0.2) is 11.5 Å². The molecule has 1 radical (unpaired) electrons. The highest BCUT2D eigenvalue weighted by Gasteiger charge is 2.07. The molecule has 0 saturated carbocycles. The van der Waals surface area contributed by atoms with Gasteiger partial charge in [-0.2, -0.15) is 0 Å². The molecule has 9 heavy (non-hydrogen) atoms. The molecule has 4 heteroatoms. The van der Waals surface area contributed by atoms with Gasteiger partial charge in [-0.15, -0.1) is 0 Å². The van der Waals surface area contributed by atoms with Crippen LogP contribution in [0.4, 0.5) is 0 Å². The van der Waals surface area contributed by atoms with Gasteiger partial charge in [0.2, 0.25) is 0 Å². The predicted molar refractivity (Wildman–Crippen MR) is 30.9 cm³/mol. The van der Waals surface area contributed by atoms with E-state index in [9.17, 15) is 10.1 Å². The SMILES string of the molecule is O=[N+]([O-])C1=[C]NCC=C1. The van der Waals surface area contributed by atoms with E-state index in [4.69, 9.17) is 0 Å². The van der Waals surface area contributed by atoms with Crippen molar-refractivity contribution in [1.29, 1.82) is 0 Å². The molecule has 0 fully saturated rings. The van der Waals surface area contributed by atoms with Crippen molar-refractivity contribution >= 4 is 0 Å². The first-order valence-corrected chi connectivity index (χ1v) is 2.47. The van der Waals surface area contributed by atoms with E-state index in [1.54, 1.807) is 6.08 Å². The number of nitro groups is 1. The minimum atomic E-state index is -0.483. The molecule has 0 aliphatic carbocycles. The van der Waals surface area contributed by atoms with Gasteiger partial charge in [0.1, 0.15) is 6.20 Å². The Hall–Kier alpha value is -1.32. The van der Waals surface area contributed by atoms with Gasteiger partial charge in [-0.1, -0.05) is 6.08 Å². The van der Waals surface area contributed by atoms with Gasteiger partial charge in [0.05, 0.1) is 4.92 Å². The molecule has 0 aromatic carbocycles. The first kappa shape index (κ1) is 5.81. The number of hydrogen-bond donors (Lipinski definition) is 1. The molecule has 1 rings (SSSR count). The number of nitrogens with zero attached hydrogens (tertiary/aromatic N) is 1. The number of dihydropyridines is 1. The first-order valence-electron chi connectivity index (χ1n) is 2.47. The van der Waals surface area contributed by atoms with Crippen molar-refractivity contribution in [1.82, 2.24) is 5.32 Å². The monoisotopic (exact) mass is 125 g/mol. The summed E-state index contributed by atoms with van der Waals surface area (Å²) in [5, 5.41) is 12.6. The topological polar surface area (TPSA) is 55.2 Å². The highest BCUT2D eigenvalue weighted by Crippen LogP contribution is 1.97. The summed E-state index contributed by atoms with van der Waals surface area (Å²) in [6.45, 7) is 0.622. The van der Waals surface area contributed by atoms with Crippen LogP contribution in [0.15, 0.2) is 17.8 Å². The zero-order valence-electron chi connectivity index (χ0n) is 4.63. The fraction of sp³-hybridized carbons (Fsp3) is 0.200. The predicted octanol–water partition coefficient (Wildman–Crippen LogP) is 0.0671. The Bertz CT molecular complexity index is 183. The summed E-state index contributed by atoms with van der Waals surface area (Å²) in [6.07, 6.45) is 5.50. The van der Waals surface area contributed by atoms with Crippen LogP contribution in [0.2, 0.25) is 0 Å². The number of nitrogens with one attached hydrogen (secondary N) is 1. The molecule has 0 spiro atoms. The van der Waals surface area contributed by atoms with Crippen LogP contribution in [0.1, 0.15) is 0 Å². The molecular weight excluding hydrogens is 120 g/mol. The molecule has 1 aliphatic rings. The summed E-state index contributed by atoms with van der Waals surface area (Å²) < 4.78 is 0. The summed E-state index contributed by atoms with van der Waals surface area (Å²) in [5.74, 6) is 0. The Morgan fingerprint density at radius 1 is 1.89 bits per heavy atom. The minimum Gasteiger partial charge on any atom is -0.374 e. The van der Waals surface area contributed by atoms with E-state index in [0.29, 0.717) is 6.54 Å². The minimum absolute atomic E-state index is 0.0127. The Morgan fingerprint density at radius 2 is 2.67 bits per heavy atom. The average Bonchev–Trinajstić information content (AvgIpc) is 1.90. The zero-order valence-corrected chi connectivity index (χ0v) is 4.63. The quantitative estimate of drug-likeness (QED) is 0.398. The van der Waals surface area contributed by atoms with E-state index in [0.717, 1.165) is 0 Å². The Balaban J connectivity index is 2.69. The van der Waals surface area contributed by atoms with E-state index >= 15 is 0 Å². The average molecular weight is 125 g/mol. The van der Waals surface area contributed by atoms with Crippen LogP contribution >= 0.6 is 0 Å². The third-order valence-corrected chi connectivity index (χ3v) is 0.909. The Labute approximate surface area is 52.0 Å². The lowest BCUT2D eigenvalue weighted by Gasteiger charge is -1.97. The lowest BCUT2D eigenvalue weighted by atomic mass is 10.3. The lowest BCUT2D eigenvalue weighted by Crippen LogP contribution is -2.13. The van der Waals surface area contributed by atoms with Crippen molar-refractivity contribution in [2.45, 2.75) is 0 Å². The molecule has 1 N–H and O–H groups in total. The molecule has 47 valence electrons. The standard InChI is InChI=1S/C5H5N2O2/c8-7(9)5-2-1-3-6-4-5/h1-2,6H,3H2. The van der Waals surface area contributed by atoms with Gasteiger partial charge in [0, 0.05) is 12.6 Å². The van der Waals surface area contributed by atoms with Crippen LogP contribution in [-0.2, 0) is 0 Å². The maximum absolute atomic E-state index is 9.97. The molecule has 0 amide bonds. The van der Waals surface area contributed by atoms with Crippen LogP contribution in [0.3, 0.4) is 0 Å². The van der Waals surface area contributed by atoms with Crippen molar-refractivity contribution in [2.75, 3.05) is 6.54 Å². The summed E-state index contributed by atoms with van der Waals surface area (Å²) in [5.41, 5.74) is -0.0127. The molecule has 0 aromatic heterocycles. The van der Waals surface area contributed by atoms with E-state index < -0.39 is 4.92 Å². The molecule has 1 heterocycles.